The molecule has 0 spiro atoms. The van der Waals surface area contributed by atoms with Gasteiger partial charge in [0.15, 0.2) is 11.0 Å². The fraction of sp³-hybridized carbons (Fsp3) is 0.217. The van der Waals surface area contributed by atoms with E-state index in [2.05, 4.69) is 27.4 Å². The fourth-order valence-corrected chi connectivity index (χ4v) is 3.94. The van der Waals surface area contributed by atoms with Crippen LogP contribution in [0, 0.1) is 0 Å². The van der Waals surface area contributed by atoms with E-state index in [0.717, 1.165) is 18.4 Å². The van der Waals surface area contributed by atoms with Crippen LogP contribution in [0.3, 0.4) is 0 Å². The number of carbonyl (C=O) groups excluding carboxylic acids is 2. The zero-order valence-electron chi connectivity index (χ0n) is 17.3. The van der Waals surface area contributed by atoms with Gasteiger partial charge in [0, 0.05) is 34.4 Å². The van der Waals surface area contributed by atoms with Crippen LogP contribution in [0.5, 0.6) is 0 Å². The van der Waals surface area contributed by atoms with Crippen molar-refractivity contribution in [3.8, 4) is 11.4 Å². The Bertz CT molecular complexity index is 1140. The number of halogens is 1. The molecule has 0 saturated heterocycles. The molecule has 2 amide bonds. The molecule has 2 N–H and O–H groups in total. The summed E-state index contributed by atoms with van der Waals surface area (Å²) in [6, 6.07) is 14.5. The Morgan fingerprint density at radius 3 is 2.69 bits per heavy atom. The summed E-state index contributed by atoms with van der Waals surface area (Å²) in [4.78, 5) is 24.7. The molecule has 7 nitrogen and oxygen atoms in total. The first-order valence-corrected chi connectivity index (χ1v) is 11.5. The van der Waals surface area contributed by atoms with Gasteiger partial charge in [0.25, 0.3) is 5.91 Å². The molecule has 1 heterocycles. The van der Waals surface area contributed by atoms with Crippen LogP contribution in [0.2, 0.25) is 5.02 Å². The van der Waals surface area contributed by atoms with Crippen molar-refractivity contribution in [1.29, 1.82) is 0 Å². The molecule has 0 aliphatic heterocycles. The second-order valence-corrected chi connectivity index (χ2v) is 8.76. The third-order valence-electron chi connectivity index (χ3n) is 4.78. The average Bonchev–Trinajstić information content (AvgIpc) is 3.52. The number of rotatable bonds is 9. The highest BCUT2D eigenvalue weighted by atomic mass is 35.5. The maximum atomic E-state index is 12.5. The molecule has 1 aliphatic carbocycles. The van der Waals surface area contributed by atoms with Crippen LogP contribution in [0.1, 0.15) is 23.2 Å². The molecular formula is C23H22ClN5O2S. The monoisotopic (exact) mass is 467 g/mol. The van der Waals surface area contributed by atoms with Gasteiger partial charge in [-0.15, -0.1) is 16.8 Å². The zero-order valence-corrected chi connectivity index (χ0v) is 18.8. The standard InChI is InChI=1S/C23H22ClN5O2S/c1-2-12-29-21(15-6-8-17(24)9-7-15)27-28-23(29)32-14-20(30)25-19-5-3-4-16(13-19)22(31)26-18-10-11-18/h2-9,13,18H,1,10-12,14H2,(H,25,30)(H,26,31). The van der Waals surface area contributed by atoms with Crippen molar-refractivity contribution in [2.45, 2.75) is 30.6 Å². The molecule has 9 heteroatoms. The Kier molecular flexibility index (Phi) is 6.92. The minimum absolute atomic E-state index is 0.120. The summed E-state index contributed by atoms with van der Waals surface area (Å²) in [5.41, 5.74) is 1.98. The minimum Gasteiger partial charge on any atom is -0.349 e. The summed E-state index contributed by atoms with van der Waals surface area (Å²) in [6.45, 7) is 4.31. The van der Waals surface area contributed by atoms with Crippen LogP contribution in [0.4, 0.5) is 5.69 Å². The SMILES string of the molecule is C=CCn1c(SCC(=O)Nc2cccc(C(=O)NC3CC3)c2)nnc1-c1ccc(Cl)cc1. The third kappa shape index (κ3) is 5.57. The number of anilines is 1. The molecule has 0 bridgehead atoms. The maximum Gasteiger partial charge on any atom is 0.251 e. The van der Waals surface area contributed by atoms with E-state index in [1.807, 2.05) is 16.7 Å². The fourth-order valence-electron chi connectivity index (χ4n) is 3.06. The lowest BCUT2D eigenvalue weighted by Gasteiger charge is -2.09. The number of benzene rings is 2. The van der Waals surface area contributed by atoms with Gasteiger partial charge in [-0.2, -0.15) is 0 Å². The third-order valence-corrected chi connectivity index (χ3v) is 6.00. The van der Waals surface area contributed by atoms with Crippen molar-refractivity contribution in [2.75, 3.05) is 11.1 Å². The van der Waals surface area contributed by atoms with E-state index in [4.69, 9.17) is 11.6 Å². The number of allylic oxidation sites excluding steroid dienone is 1. The molecule has 1 aliphatic rings. The van der Waals surface area contributed by atoms with Gasteiger partial charge in [-0.1, -0.05) is 35.5 Å². The summed E-state index contributed by atoms with van der Waals surface area (Å²) < 4.78 is 1.90. The van der Waals surface area contributed by atoms with Crippen molar-refractivity contribution >= 4 is 40.9 Å². The minimum atomic E-state index is -0.198. The van der Waals surface area contributed by atoms with Crippen molar-refractivity contribution in [1.82, 2.24) is 20.1 Å². The van der Waals surface area contributed by atoms with Gasteiger partial charge in [-0.3, -0.25) is 14.2 Å². The number of nitrogens with one attached hydrogen (secondary N) is 2. The Morgan fingerprint density at radius 1 is 1.19 bits per heavy atom. The molecule has 1 fully saturated rings. The van der Waals surface area contributed by atoms with E-state index in [-0.39, 0.29) is 23.6 Å². The second kappa shape index (κ2) is 10.0. The van der Waals surface area contributed by atoms with E-state index in [9.17, 15) is 9.59 Å². The van der Waals surface area contributed by atoms with Crippen molar-refractivity contribution in [3.05, 3.63) is 71.8 Å². The van der Waals surface area contributed by atoms with E-state index >= 15 is 0 Å². The summed E-state index contributed by atoms with van der Waals surface area (Å²) in [5, 5.41) is 15.6. The number of amides is 2. The smallest absolute Gasteiger partial charge is 0.251 e. The first-order chi connectivity index (χ1) is 15.5. The predicted molar refractivity (Wildman–Crippen MR) is 127 cm³/mol. The number of thioether (sulfide) groups is 1. The molecule has 2 aromatic carbocycles. The van der Waals surface area contributed by atoms with Gasteiger partial charge < -0.3 is 10.6 Å². The van der Waals surface area contributed by atoms with Gasteiger partial charge in [-0.05, 0) is 55.3 Å². The van der Waals surface area contributed by atoms with Crippen molar-refractivity contribution < 1.29 is 9.59 Å². The molecule has 0 radical (unpaired) electrons. The highest BCUT2D eigenvalue weighted by Gasteiger charge is 2.24. The van der Waals surface area contributed by atoms with Gasteiger partial charge >= 0.3 is 0 Å². The zero-order chi connectivity index (χ0) is 22.5. The predicted octanol–water partition coefficient (Wildman–Crippen LogP) is 4.41. The molecule has 32 heavy (non-hydrogen) atoms. The van der Waals surface area contributed by atoms with Crippen LogP contribution in [-0.2, 0) is 11.3 Å². The lowest BCUT2D eigenvalue weighted by atomic mass is 10.2. The van der Waals surface area contributed by atoms with Crippen LogP contribution < -0.4 is 10.6 Å². The molecule has 164 valence electrons. The molecule has 0 unspecified atom stereocenters. The first-order valence-electron chi connectivity index (χ1n) is 10.2. The maximum absolute atomic E-state index is 12.5. The number of hydrogen-bond donors (Lipinski definition) is 2. The van der Waals surface area contributed by atoms with Gasteiger partial charge in [0.2, 0.25) is 5.91 Å². The Labute approximate surface area is 195 Å². The number of aromatic nitrogens is 3. The normalized spacial score (nSPS) is 12.9. The molecule has 3 aromatic rings. The molecular weight excluding hydrogens is 446 g/mol. The summed E-state index contributed by atoms with van der Waals surface area (Å²) in [7, 11) is 0. The molecule has 0 atom stereocenters. The molecule has 1 aromatic heterocycles. The Hall–Kier alpha value is -3.10. The van der Waals surface area contributed by atoms with E-state index < -0.39 is 0 Å². The van der Waals surface area contributed by atoms with E-state index in [0.29, 0.717) is 33.8 Å². The van der Waals surface area contributed by atoms with Crippen LogP contribution in [0.25, 0.3) is 11.4 Å². The van der Waals surface area contributed by atoms with Gasteiger partial charge in [-0.25, -0.2) is 0 Å². The topological polar surface area (TPSA) is 88.9 Å². The number of carbonyl (C=O) groups is 2. The van der Waals surface area contributed by atoms with Crippen LogP contribution in [-0.4, -0.2) is 38.4 Å². The van der Waals surface area contributed by atoms with Gasteiger partial charge in [0.05, 0.1) is 5.75 Å². The molecule has 4 rings (SSSR count). The highest BCUT2D eigenvalue weighted by molar-refractivity contribution is 7.99. The van der Waals surface area contributed by atoms with Crippen molar-refractivity contribution in [3.63, 3.8) is 0 Å². The lowest BCUT2D eigenvalue weighted by Crippen LogP contribution is -2.25. The molecule has 1 saturated carbocycles. The largest absolute Gasteiger partial charge is 0.349 e. The van der Waals surface area contributed by atoms with Crippen LogP contribution in [0.15, 0.2) is 66.3 Å². The summed E-state index contributed by atoms with van der Waals surface area (Å²) >= 11 is 7.26. The summed E-state index contributed by atoms with van der Waals surface area (Å²) in [6.07, 6.45) is 3.80. The van der Waals surface area contributed by atoms with E-state index in [1.165, 1.54) is 11.8 Å². The summed E-state index contributed by atoms with van der Waals surface area (Å²) in [5.74, 6) is 0.508. The Balaban J connectivity index is 1.40. The quantitative estimate of drug-likeness (QED) is 0.359. The highest BCUT2D eigenvalue weighted by Crippen LogP contribution is 2.25. The van der Waals surface area contributed by atoms with Gasteiger partial charge in [0.1, 0.15) is 0 Å². The number of nitrogens with zero attached hydrogens (tertiary/aromatic N) is 3. The van der Waals surface area contributed by atoms with E-state index in [1.54, 1.807) is 42.5 Å². The van der Waals surface area contributed by atoms with Crippen LogP contribution >= 0.6 is 23.4 Å². The first kappa shape index (κ1) is 22.1. The lowest BCUT2D eigenvalue weighted by molar-refractivity contribution is -0.113. The second-order valence-electron chi connectivity index (χ2n) is 7.38. The number of hydrogen-bond acceptors (Lipinski definition) is 5. The van der Waals surface area contributed by atoms with Crippen molar-refractivity contribution in [2.24, 2.45) is 0 Å². The average molecular weight is 468 g/mol. The Morgan fingerprint density at radius 2 is 1.97 bits per heavy atom.